The molecule has 3 N–H and O–H groups in total. The van der Waals surface area contributed by atoms with Crippen molar-refractivity contribution in [3.63, 3.8) is 0 Å². The largest absolute Gasteiger partial charge is 0.326 e. The maximum Gasteiger partial charge on any atom is 0.250 e. The number of rotatable bonds is 5. The standard InChI is InChI=1S/C12H15N3O2S2/c1-9-3-2-4-11(15-9)7-14-19(16,17)12-5-10(6-13)8-18-12/h2-5,8,14H,6-7,13H2,1H3. The predicted octanol–water partition coefficient (Wildman–Crippen LogP) is 1.39. The zero-order valence-electron chi connectivity index (χ0n) is 10.5. The van der Waals surface area contributed by atoms with E-state index in [9.17, 15) is 8.42 Å². The minimum Gasteiger partial charge on any atom is -0.326 e. The Labute approximate surface area is 116 Å². The van der Waals surface area contributed by atoms with Gasteiger partial charge in [-0.05, 0) is 36.1 Å². The van der Waals surface area contributed by atoms with E-state index in [-0.39, 0.29) is 10.8 Å². The molecule has 0 spiro atoms. The molecule has 5 nitrogen and oxygen atoms in total. The molecular weight excluding hydrogens is 282 g/mol. The van der Waals surface area contributed by atoms with Crippen molar-refractivity contribution >= 4 is 21.4 Å². The first-order valence-electron chi connectivity index (χ1n) is 5.71. The van der Waals surface area contributed by atoms with Gasteiger partial charge in [-0.1, -0.05) is 6.07 Å². The maximum absolute atomic E-state index is 12.1. The van der Waals surface area contributed by atoms with E-state index in [0.29, 0.717) is 12.2 Å². The first-order chi connectivity index (χ1) is 9.01. The van der Waals surface area contributed by atoms with Crippen LogP contribution in [0.15, 0.2) is 33.9 Å². The Bertz CT molecular complexity index is 665. The molecule has 102 valence electrons. The van der Waals surface area contributed by atoms with Gasteiger partial charge in [0, 0.05) is 12.2 Å². The van der Waals surface area contributed by atoms with Crippen molar-refractivity contribution in [1.29, 1.82) is 0 Å². The zero-order chi connectivity index (χ0) is 13.9. The third kappa shape index (κ3) is 3.60. The molecule has 2 rings (SSSR count). The van der Waals surface area contributed by atoms with Gasteiger partial charge in [-0.25, -0.2) is 13.1 Å². The summed E-state index contributed by atoms with van der Waals surface area (Å²) in [5.74, 6) is 0. The number of nitrogens with two attached hydrogens (primary N) is 1. The second-order valence-corrected chi connectivity index (χ2v) is 6.98. The van der Waals surface area contributed by atoms with Gasteiger partial charge in [-0.3, -0.25) is 4.98 Å². The van der Waals surface area contributed by atoms with E-state index in [1.807, 2.05) is 19.1 Å². The van der Waals surface area contributed by atoms with Crippen molar-refractivity contribution in [2.45, 2.75) is 24.2 Å². The molecule has 7 heteroatoms. The summed E-state index contributed by atoms with van der Waals surface area (Å²) >= 11 is 1.17. The third-order valence-corrected chi connectivity index (χ3v) is 5.41. The summed E-state index contributed by atoms with van der Waals surface area (Å²) in [5.41, 5.74) is 7.84. The molecule has 0 atom stereocenters. The predicted molar refractivity (Wildman–Crippen MR) is 75.2 cm³/mol. The second-order valence-electron chi connectivity index (χ2n) is 4.07. The number of aryl methyl sites for hydroxylation is 1. The lowest BCUT2D eigenvalue weighted by atomic mass is 10.3. The molecule has 0 aliphatic carbocycles. The van der Waals surface area contributed by atoms with Crippen LogP contribution >= 0.6 is 11.3 Å². The number of nitrogens with zero attached hydrogens (tertiary/aromatic N) is 1. The topological polar surface area (TPSA) is 85.1 Å². The summed E-state index contributed by atoms with van der Waals surface area (Å²) in [6, 6.07) is 7.10. The van der Waals surface area contributed by atoms with Crippen molar-refractivity contribution in [3.05, 3.63) is 46.6 Å². The summed E-state index contributed by atoms with van der Waals surface area (Å²) < 4.78 is 26.9. The van der Waals surface area contributed by atoms with Crippen LogP contribution in [0.25, 0.3) is 0 Å². The maximum atomic E-state index is 12.1. The summed E-state index contributed by atoms with van der Waals surface area (Å²) in [7, 11) is -3.49. The summed E-state index contributed by atoms with van der Waals surface area (Å²) in [4.78, 5) is 4.25. The highest BCUT2D eigenvalue weighted by Gasteiger charge is 2.16. The molecule has 0 aromatic carbocycles. The Hall–Kier alpha value is -1.28. The van der Waals surface area contributed by atoms with Crippen molar-refractivity contribution in [2.24, 2.45) is 5.73 Å². The highest BCUT2D eigenvalue weighted by Crippen LogP contribution is 2.19. The van der Waals surface area contributed by atoms with Crippen molar-refractivity contribution in [1.82, 2.24) is 9.71 Å². The van der Waals surface area contributed by atoms with Crippen LogP contribution in [0.3, 0.4) is 0 Å². The van der Waals surface area contributed by atoms with Crippen LogP contribution in [0, 0.1) is 6.92 Å². The monoisotopic (exact) mass is 297 g/mol. The highest BCUT2D eigenvalue weighted by molar-refractivity contribution is 7.91. The molecule has 19 heavy (non-hydrogen) atoms. The first-order valence-corrected chi connectivity index (χ1v) is 8.07. The molecule has 0 fully saturated rings. The molecule has 0 amide bonds. The molecule has 0 aliphatic heterocycles. The molecule has 0 saturated heterocycles. The molecule has 0 unspecified atom stereocenters. The number of hydrogen-bond acceptors (Lipinski definition) is 5. The van der Waals surface area contributed by atoms with Crippen molar-refractivity contribution in [3.8, 4) is 0 Å². The lowest BCUT2D eigenvalue weighted by molar-refractivity contribution is 0.582. The Balaban J connectivity index is 2.09. The summed E-state index contributed by atoms with van der Waals surface area (Å²) in [6.07, 6.45) is 0. The fourth-order valence-electron chi connectivity index (χ4n) is 1.54. The van der Waals surface area contributed by atoms with Gasteiger partial charge in [0.05, 0.1) is 12.2 Å². The summed E-state index contributed by atoms with van der Waals surface area (Å²) in [5, 5.41) is 1.75. The fraction of sp³-hybridized carbons (Fsp3) is 0.250. The van der Waals surface area contributed by atoms with E-state index in [0.717, 1.165) is 11.3 Å². The van der Waals surface area contributed by atoms with E-state index in [1.54, 1.807) is 17.5 Å². The number of pyridine rings is 1. The van der Waals surface area contributed by atoms with E-state index in [1.165, 1.54) is 11.3 Å². The Morgan fingerprint density at radius 1 is 1.42 bits per heavy atom. The van der Waals surface area contributed by atoms with Gasteiger partial charge in [0.1, 0.15) is 4.21 Å². The van der Waals surface area contributed by atoms with Crippen LogP contribution in [0.5, 0.6) is 0 Å². The van der Waals surface area contributed by atoms with E-state index in [2.05, 4.69) is 9.71 Å². The number of sulfonamides is 1. The zero-order valence-corrected chi connectivity index (χ0v) is 12.1. The van der Waals surface area contributed by atoms with Crippen LogP contribution in [-0.4, -0.2) is 13.4 Å². The Morgan fingerprint density at radius 2 is 2.21 bits per heavy atom. The van der Waals surface area contributed by atoms with Gasteiger partial charge in [-0.2, -0.15) is 0 Å². The van der Waals surface area contributed by atoms with Gasteiger partial charge >= 0.3 is 0 Å². The fourth-order valence-corrected chi connectivity index (χ4v) is 3.80. The highest BCUT2D eigenvalue weighted by atomic mass is 32.2. The molecule has 2 aromatic rings. The SMILES string of the molecule is Cc1cccc(CNS(=O)(=O)c2cc(CN)cs2)n1. The van der Waals surface area contributed by atoms with E-state index in [4.69, 9.17) is 5.73 Å². The van der Waals surface area contributed by atoms with Crippen LogP contribution in [-0.2, 0) is 23.1 Å². The Morgan fingerprint density at radius 3 is 2.84 bits per heavy atom. The minimum absolute atomic E-state index is 0.180. The van der Waals surface area contributed by atoms with Gasteiger partial charge < -0.3 is 5.73 Å². The molecule has 0 saturated carbocycles. The van der Waals surface area contributed by atoms with Crippen LogP contribution in [0.4, 0.5) is 0 Å². The van der Waals surface area contributed by atoms with Crippen molar-refractivity contribution < 1.29 is 8.42 Å². The molecule has 0 radical (unpaired) electrons. The molecule has 2 heterocycles. The van der Waals surface area contributed by atoms with Gasteiger partial charge in [0.2, 0.25) is 10.0 Å². The van der Waals surface area contributed by atoms with Gasteiger partial charge in [-0.15, -0.1) is 11.3 Å². The smallest absolute Gasteiger partial charge is 0.250 e. The van der Waals surface area contributed by atoms with Gasteiger partial charge in [0.15, 0.2) is 0 Å². The van der Waals surface area contributed by atoms with Crippen LogP contribution in [0.2, 0.25) is 0 Å². The minimum atomic E-state index is -3.49. The quantitative estimate of drug-likeness (QED) is 0.873. The van der Waals surface area contributed by atoms with E-state index >= 15 is 0 Å². The first kappa shape index (κ1) is 14.1. The Kier molecular flexibility index (Phi) is 4.31. The third-order valence-electron chi connectivity index (χ3n) is 2.52. The number of hydrogen-bond donors (Lipinski definition) is 2. The molecule has 0 aliphatic rings. The van der Waals surface area contributed by atoms with Crippen LogP contribution < -0.4 is 10.5 Å². The second kappa shape index (κ2) is 5.79. The average molecular weight is 297 g/mol. The lowest BCUT2D eigenvalue weighted by Crippen LogP contribution is -2.23. The number of aromatic nitrogens is 1. The summed E-state index contributed by atoms with van der Waals surface area (Å²) in [6.45, 7) is 2.39. The normalized spacial score (nSPS) is 11.7. The van der Waals surface area contributed by atoms with Crippen molar-refractivity contribution in [2.75, 3.05) is 0 Å². The molecular formula is C12H15N3O2S2. The number of thiophene rings is 1. The van der Waals surface area contributed by atoms with Gasteiger partial charge in [0.25, 0.3) is 0 Å². The number of nitrogens with one attached hydrogen (secondary N) is 1. The molecule has 0 bridgehead atoms. The lowest BCUT2D eigenvalue weighted by Gasteiger charge is -2.04. The average Bonchev–Trinajstić information content (AvgIpc) is 2.86. The molecule has 2 aromatic heterocycles. The van der Waals surface area contributed by atoms with Crippen LogP contribution in [0.1, 0.15) is 17.0 Å². The van der Waals surface area contributed by atoms with E-state index < -0.39 is 10.0 Å².